The van der Waals surface area contributed by atoms with Crippen LogP contribution in [-0.4, -0.2) is 20.9 Å². The Hall–Kier alpha value is -1.62. The Labute approximate surface area is 123 Å². The van der Waals surface area contributed by atoms with Crippen molar-refractivity contribution in [3.63, 3.8) is 0 Å². The molecular formula is C14H19O6P. The van der Waals surface area contributed by atoms with E-state index in [1.807, 2.05) is 13.0 Å². The van der Waals surface area contributed by atoms with E-state index in [4.69, 9.17) is 9.79 Å². The fourth-order valence-corrected chi connectivity index (χ4v) is 2.25. The van der Waals surface area contributed by atoms with Crippen LogP contribution in [0.1, 0.15) is 37.7 Å². The fraction of sp³-hybridized carbons (Fsp3) is 0.357. The Kier molecular flexibility index (Phi) is 6.62. The number of hydrogen-bond donors (Lipinski definition) is 3. The second-order valence-electron chi connectivity index (χ2n) is 4.58. The lowest BCUT2D eigenvalue weighted by atomic mass is 9.87. The molecule has 0 aliphatic rings. The summed E-state index contributed by atoms with van der Waals surface area (Å²) < 4.78 is 15.0. The van der Waals surface area contributed by atoms with Crippen LogP contribution in [0.4, 0.5) is 0 Å². The van der Waals surface area contributed by atoms with Crippen LogP contribution in [0.3, 0.4) is 0 Å². The summed E-state index contributed by atoms with van der Waals surface area (Å²) in [5.41, 5.74) is 0.604. The molecule has 0 saturated heterocycles. The monoisotopic (exact) mass is 314 g/mol. The highest BCUT2D eigenvalue weighted by molar-refractivity contribution is 7.46. The molecule has 1 unspecified atom stereocenters. The lowest BCUT2D eigenvalue weighted by molar-refractivity contribution is -0.133. The first-order valence-electron chi connectivity index (χ1n) is 6.57. The van der Waals surface area contributed by atoms with E-state index in [-0.39, 0.29) is 5.57 Å². The van der Waals surface area contributed by atoms with Crippen LogP contribution in [-0.2, 0) is 13.9 Å². The largest absolute Gasteiger partial charge is 0.524 e. The molecule has 0 fully saturated rings. The number of carboxylic acid groups (broad SMARTS) is 1. The zero-order valence-electron chi connectivity index (χ0n) is 11.7. The van der Waals surface area contributed by atoms with E-state index >= 15 is 0 Å². The van der Waals surface area contributed by atoms with Crippen molar-refractivity contribution in [2.75, 3.05) is 0 Å². The third-order valence-electron chi connectivity index (χ3n) is 2.99. The van der Waals surface area contributed by atoms with Gasteiger partial charge in [-0.2, -0.15) is 0 Å². The van der Waals surface area contributed by atoms with Crippen molar-refractivity contribution in [3.05, 3.63) is 47.7 Å². The third-order valence-corrected chi connectivity index (χ3v) is 3.37. The molecule has 7 heteroatoms. The normalized spacial score (nSPS) is 13.8. The Bertz CT molecular complexity index is 534. The van der Waals surface area contributed by atoms with E-state index in [9.17, 15) is 14.5 Å². The van der Waals surface area contributed by atoms with Crippen LogP contribution in [0.2, 0.25) is 0 Å². The van der Waals surface area contributed by atoms with Gasteiger partial charge < -0.3 is 9.63 Å². The van der Waals surface area contributed by atoms with Crippen LogP contribution in [0, 0.1) is 0 Å². The quantitative estimate of drug-likeness (QED) is 0.387. The van der Waals surface area contributed by atoms with Crippen LogP contribution < -0.4 is 0 Å². The number of rotatable bonds is 8. The second-order valence-corrected chi connectivity index (χ2v) is 5.77. The van der Waals surface area contributed by atoms with Gasteiger partial charge >= 0.3 is 13.8 Å². The molecule has 0 spiro atoms. The molecule has 0 saturated carbocycles. The van der Waals surface area contributed by atoms with Gasteiger partial charge in [-0.3, -0.25) is 9.79 Å². The fourth-order valence-electron chi connectivity index (χ4n) is 2.00. The lowest BCUT2D eigenvalue weighted by Gasteiger charge is -2.18. The van der Waals surface area contributed by atoms with Crippen LogP contribution in [0.25, 0.3) is 0 Å². The van der Waals surface area contributed by atoms with E-state index in [1.165, 1.54) is 0 Å². The third kappa shape index (κ3) is 6.12. The van der Waals surface area contributed by atoms with Gasteiger partial charge in [0.25, 0.3) is 0 Å². The first-order chi connectivity index (χ1) is 9.85. The summed E-state index contributed by atoms with van der Waals surface area (Å²) in [5, 5.41) is 9.30. The molecule has 1 atom stereocenters. The molecule has 0 aliphatic heterocycles. The van der Waals surface area contributed by atoms with E-state index in [2.05, 4.69) is 4.52 Å². The Morgan fingerprint density at radius 1 is 1.33 bits per heavy atom. The molecule has 0 aromatic heterocycles. The minimum absolute atomic E-state index is 0.169. The minimum atomic E-state index is -4.76. The van der Waals surface area contributed by atoms with Crippen molar-refractivity contribution < 1.29 is 28.8 Å². The summed E-state index contributed by atoms with van der Waals surface area (Å²) in [6.45, 7) is 1.98. The van der Waals surface area contributed by atoms with E-state index in [0.717, 1.165) is 18.4 Å². The van der Waals surface area contributed by atoms with Crippen molar-refractivity contribution in [3.8, 4) is 0 Å². The van der Waals surface area contributed by atoms with Crippen molar-refractivity contribution in [1.82, 2.24) is 0 Å². The number of unbranched alkanes of at least 4 members (excludes halogenated alkanes) is 1. The summed E-state index contributed by atoms with van der Waals surface area (Å²) in [5.74, 6) is -1.73. The molecule has 1 rings (SSSR count). The molecule has 0 heterocycles. The number of benzene rings is 1. The topological polar surface area (TPSA) is 104 Å². The highest BCUT2D eigenvalue weighted by Crippen LogP contribution is 2.38. The maximum atomic E-state index is 11.4. The first kappa shape index (κ1) is 17.4. The van der Waals surface area contributed by atoms with E-state index in [1.54, 1.807) is 24.3 Å². The van der Waals surface area contributed by atoms with Crippen LogP contribution in [0.15, 0.2) is 42.2 Å². The molecule has 0 amide bonds. The van der Waals surface area contributed by atoms with Gasteiger partial charge in [-0.15, -0.1) is 0 Å². The number of phosphoric ester groups is 1. The standard InChI is InChI=1S/C14H19O6P/c1-2-3-9-12(11-7-5-4-6-8-11)13(14(15)16)10-20-21(17,18)19/h4-8,10,12H,2-3,9H2,1H3,(H,15,16)(H2,17,18,19). The lowest BCUT2D eigenvalue weighted by Crippen LogP contribution is -2.12. The summed E-state index contributed by atoms with van der Waals surface area (Å²) >= 11 is 0. The summed E-state index contributed by atoms with van der Waals surface area (Å²) in [7, 11) is -4.76. The Morgan fingerprint density at radius 3 is 2.43 bits per heavy atom. The first-order valence-corrected chi connectivity index (χ1v) is 8.10. The number of aliphatic carboxylic acids is 1. The predicted molar refractivity (Wildman–Crippen MR) is 77.6 cm³/mol. The zero-order chi connectivity index (χ0) is 15.9. The van der Waals surface area contributed by atoms with Crippen LogP contribution in [0.5, 0.6) is 0 Å². The van der Waals surface area contributed by atoms with Crippen molar-refractivity contribution in [2.45, 2.75) is 32.1 Å². The molecule has 0 radical (unpaired) electrons. The maximum absolute atomic E-state index is 11.4. The van der Waals surface area contributed by atoms with Crippen LogP contribution >= 0.6 is 7.82 Å². The van der Waals surface area contributed by atoms with Gasteiger partial charge in [-0.25, -0.2) is 9.36 Å². The van der Waals surface area contributed by atoms with Gasteiger partial charge in [0.2, 0.25) is 0 Å². The van der Waals surface area contributed by atoms with Gasteiger partial charge in [0, 0.05) is 5.92 Å². The number of hydrogen-bond acceptors (Lipinski definition) is 3. The van der Waals surface area contributed by atoms with Crippen molar-refractivity contribution in [2.24, 2.45) is 0 Å². The summed E-state index contributed by atoms with van der Waals surface area (Å²) in [6, 6.07) is 8.97. The summed E-state index contributed by atoms with van der Waals surface area (Å²) in [4.78, 5) is 28.8. The number of phosphoric acid groups is 1. The minimum Gasteiger partial charge on any atom is -0.478 e. The zero-order valence-corrected chi connectivity index (χ0v) is 12.6. The van der Waals surface area contributed by atoms with Crippen molar-refractivity contribution in [1.29, 1.82) is 0 Å². The van der Waals surface area contributed by atoms with E-state index in [0.29, 0.717) is 12.7 Å². The molecule has 1 aromatic rings. The van der Waals surface area contributed by atoms with Gasteiger partial charge in [0.05, 0.1) is 5.57 Å². The molecule has 6 nitrogen and oxygen atoms in total. The smallest absolute Gasteiger partial charge is 0.478 e. The van der Waals surface area contributed by atoms with Crippen molar-refractivity contribution >= 4 is 13.8 Å². The predicted octanol–water partition coefficient (Wildman–Crippen LogP) is 3.04. The summed E-state index contributed by atoms with van der Waals surface area (Å²) in [6.07, 6.45) is 2.90. The highest BCUT2D eigenvalue weighted by Gasteiger charge is 2.24. The molecule has 0 bridgehead atoms. The molecular weight excluding hydrogens is 295 g/mol. The van der Waals surface area contributed by atoms with Gasteiger partial charge in [0.1, 0.15) is 6.26 Å². The highest BCUT2D eigenvalue weighted by atomic mass is 31.2. The second kappa shape index (κ2) is 7.98. The van der Waals surface area contributed by atoms with Gasteiger partial charge in [-0.1, -0.05) is 50.1 Å². The number of carbonyl (C=O) groups is 1. The molecule has 1 aromatic carbocycles. The SMILES string of the molecule is CCCCC(C(=COP(=O)(O)O)C(=O)O)c1ccccc1. The average molecular weight is 314 g/mol. The van der Waals surface area contributed by atoms with Gasteiger partial charge in [0.15, 0.2) is 0 Å². The molecule has 3 N–H and O–H groups in total. The molecule has 0 aliphatic carbocycles. The van der Waals surface area contributed by atoms with E-state index < -0.39 is 19.7 Å². The molecule has 21 heavy (non-hydrogen) atoms. The van der Waals surface area contributed by atoms with Gasteiger partial charge in [-0.05, 0) is 12.0 Å². The number of carboxylic acids is 1. The molecule has 116 valence electrons. The Balaban J connectivity index is 3.12. The average Bonchev–Trinajstić information content (AvgIpc) is 2.41. The maximum Gasteiger partial charge on any atom is 0.524 e. The Morgan fingerprint density at radius 2 is 1.95 bits per heavy atom.